The van der Waals surface area contributed by atoms with E-state index in [1.165, 1.54) is 6.07 Å². The summed E-state index contributed by atoms with van der Waals surface area (Å²) in [5, 5.41) is 21.3. The average Bonchev–Trinajstić information content (AvgIpc) is 2.42. The minimum Gasteiger partial charge on any atom is -0.508 e. The van der Waals surface area contributed by atoms with Crippen LogP contribution in [0.5, 0.6) is 5.75 Å². The van der Waals surface area contributed by atoms with Crippen LogP contribution < -0.4 is 5.32 Å². The van der Waals surface area contributed by atoms with E-state index in [-0.39, 0.29) is 11.7 Å². The van der Waals surface area contributed by atoms with Gasteiger partial charge in [-0.3, -0.25) is 4.79 Å². The third-order valence-corrected chi connectivity index (χ3v) is 3.09. The Morgan fingerprint density at radius 2 is 1.95 bits per heavy atom. The molecule has 0 bridgehead atoms. The molecule has 100 valence electrons. The molecule has 1 amide bonds. The minimum absolute atomic E-state index is 0.148. The Kier molecular flexibility index (Phi) is 3.72. The Morgan fingerprint density at radius 1 is 1.20 bits per heavy atom. The zero-order chi connectivity index (χ0) is 14.7. The quantitative estimate of drug-likeness (QED) is 0.877. The van der Waals surface area contributed by atoms with Crippen LogP contribution in [0.2, 0.25) is 0 Å². The van der Waals surface area contributed by atoms with Gasteiger partial charge in [0.05, 0.1) is 11.3 Å². The molecule has 0 radical (unpaired) electrons. The number of nitriles is 1. The highest BCUT2D eigenvalue weighted by Gasteiger charge is 2.11. The summed E-state index contributed by atoms with van der Waals surface area (Å²) in [6.45, 7) is 3.54. The molecule has 0 aliphatic rings. The van der Waals surface area contributed by atoms with Crippen molar-refractivity contribution in [3.05, 3.63) is 58.7 Å². The van der Waals surface area contributed by atoms with Gasteiger partial charge in [-0.2, -0.15) is 5.26 Å². The lowest BCUT2D eigenvalue weighted by molar-refractivity contribution is 0.102. The number of rotatable bonds is 2. The largest absolute Gasteiger partial charge is 0.508 e. The van der Waals surface area contributed by atoms with E-state index in [9.17, 15) is 9.90 Å². The van der Waals surface area contributed by atoms with Crippen LogP contribution in [-0.2, 0) is 0 Å². The summed E-state index contributed by atoms with van der Waals surface area (Å²) < 4.78 is 0. The Hall–Kier alpha value is -2.80. The molecule has 0 aliphatic carbocycles. The van der Waals surface area contributed by atoms with E-state index in [1.54, 1.807) is 31.2 Å². The van der Waals surface area contributed by atoms with Gasteiger partial charge in [0, 0.05) is 5.56 Å². The van der Waals surface area contributed by atoms with Crippen LogP contribution in [0, 0.1) is 25.2 Å². The number of hydrogen-bond acceptors (Lipinski definition) is 3. The second kappa shape index (κ2) is 5.45. The normalized spacial score (nSPS) is 9.85. The standard InChI is InChI=1S/C16H14N2O2/c1-10-4-3-5-14(13(10)9-17)18-16(20)12-6-7-15(19)11(2)8-12/h3-8,19H,1-2H3,(H,18,20). The number of phenolic OH excluding ortho intramolecular Hbond substituents is 1. The highest BCUT2D eigenvalue weighted by atomic mass is 16.3. The van der Waals surface area contributed by atoms with Gasteiger partial charge < -0.3 is 10.4 Å². The molecule has 0 aromatic heterocycles. The Balaban J connectivity index is 2.31. The van der Waals surface area contributed by atoms with Gasteiger partial charge in [-0.1, -0.05) is 12.1 Å². The fourth-order valence-electron chi connectivity index (χ4n) is 1.91. The van der Waals surface area contributed by atoms with E-state index in [0.29, 0.717) is 22.4 Å². The van der Waals surface area contributed by atoms with E-state index in [4.69, 9.17) is 5.26 Å². The Labute approximate surface area is 117 Å². The first-order chi connectivity index (χ1) is 9.52. The predicted molar refractivity (Wildman–Crippen MR) is 76.7 cm³/mol. The third-order valence-electron chi connectivity index (χ3n) is 3.09. The maximum Gasteiger partial charge on any atom is 0.255 e. The van der Waals surface area contributed by atoms with Crippen LogP contribution in [0.15, 0.2) is 36.4 Å². The zero-order valence-electron chi connectivity index (χ0n) is 11.3. The first-order valence-corrected chi connectivity index (χ1v) is 6.13. The second-order valence-corrected chi connectivity index (χ2v) is 4.56. The highest BCUT2D eigenvalue weighted by Crippen LogP contribution is 2.21. The molecule has 0 saturated heterocycles. The van der Waals surface area contributed by atoms with Crippen LogP contribution in [0.3, 0.4) is 0 Å². The summed E-state index contributed by atoms with van der Waals surface area (Å²) in [6, 6.07) is 12.0. The maximum absolute atomic E-state index is 12.2. The van der Waals surface area contributed by atoms with Gasteiger partial charge in [0.1, 0.15) is 11.8 Å². The van der Waals surface area contributed by atoms with Crippen molar-refractivity contribution in [2.75, 3.05) is 5.32 Å². The first kappa shape index (κ1) is 13.6. The predicted octanol–water partition coefficient (Wildman–Crippen LogP) is 3.13. The van der Waals surface area contributed by atoms with E-state index < -0.39 is 0 Å². The highest BCUT2D eigenvalue weighted by molar-refractivity contribution is 6.05. The molecule has 0 saturated carbocycles. The van der Waals surface area contributed by atoms with Crippen molar-refractivity contribution in [1.82, 2.24) is 0 Å². The lowest BCUT2D eigenvalue weighted by Gasteiger charge is -2.09. The van der Waals surface area contributed by atoms with Crippen molar-refractivity contribution in [3.8, 4) is 11.8 Å². The number of amides is 1. The number of aryl methyl sites for hydroxylation is 2. The van der Waals surface area contributed by atoms with E-state index in [0.717, 1.165) is 5.56 Å². The molecule has 4 heteroatoms. The molecule has 2 rings (SSSR count). The van der Waals surface area contributed by atoms with Crippen molar-refractivity contribution >= 4 is 11.6 Å². The van der Waals surface area contributed by atoms with Crippen molar-refractivity contribution < 1.29 is 9.90 Å². The fourth-order valence-corrected chi connectivity index (χ4v) is 1.91. The van der Waals surface area contributed by atoms with Crippen molar-refractivity contribution in [3.63, 3.8) is 0 Å². The molecule has 0 aliphatic heterocycles. The van der Waals surface area contributed by atoms with E-state index >= 15 is 0 Å². The second-order valence-electron chi connectivity index (χ2n) is 4.56. The van der Waals surface area contributed by atoms with Gasteiger partial charge in [0.25, 0.3) is 5.91 Å². The van der Waals surface area contributed by atoms with Crippen LogP contribution in [-0.4, -0.2) is 11.0 Å². The fraction of sp³-hybridized carbons (Fsp3) is 0.125. The van der Waals surface area contributed by atoms with Crippen molar-refractivity contribution in [1.29, 1.82) is 5.26 Å². The van der Waals surface area contributed by atoms with Gasteiger partial charge in [0.15, 0.2) is 0 Å². The van der Waals surface area contributed by atoms with Crippen LogP contribution in [0.4, 0.5) is 5.69 Å². The number of carbonyl (C=O) groups is 1. The van der Waals surface area contributed by atoms with Gasteiger partial charge in [-0.15, -0.1) is 0 Å². The molecule has 0 fully saturated rings. The summed E-state index contributed by atoms with van der Waals surface area (Å²) in [7, 11) is 0. The van der Waals surface area contributed by atoms with Gasteiger partial charge in [-0.05, 0) is 49.2 Å². The molecule has 0 atom stereocenters. The van der Waals surface area contributed by atoms with Gasteiger partial charge >= 0.3 is 0 Å². The lowest BCUT2D eigenvalue weighted by Crippen LogP contribution is -2.13. The van der Waals surface area contributed by atoms with Crippen LogP contribution in [0.25, 0.3) is 0 Å². The Morgan fingerprint density at radius 3 is 2.60 bits per heavy atom. The smallest absolute Gasteiger partial charge is 0.255 e. The van der Waals surface area contributed by atoms with E-state index in [2.05, 4.69) is 11.4 Å². The molecule has 2 N–H and O–H groups in total. The topological polar surface area (TPSA) is 73.1 Å². The summed E-state index contributed by atoms with van der Waals surface area (Å²) in [5.41, 5.74) is 2.82. The Bertz CT molecular complexity index is 715. The molecule has 4 nitrogen and oxygen atoms in total. The number of nitrogens with zero attached hydrogens (tertiary/aromatic N) is 1. The number of nitrogens with one attached hydrogen (secondary N) is 1. The minimum atomic E-state index is -0.310. The van der Waals surface area contributed by atoms with Gasteiger partial charge in [-0.25, -0.2) is 0 Å². The summed E-state index contributed by atoms with van der Waals surface area (Å²) in [5.74, 6) is -0.162. The molecule has 0 heterocycles. The summed E-state index contributed by atoms with van der Waals surface area (Å²) in [6.07, 6.45) is 0. The van der Waals surface area contributed by atoms with E-state index in [1.807, 2.05) is 13.0 Å². The molecule has 0 unspecified atom stereocenters. The number of anilines is 1. The molecule has 0 spiro atoms. The number of aromatic hydroxyl groups is 1. The molecule has 2 aromatic carbocycles. The molecule has 20 heavy (non-hydrogen) atoms. The first-order valence-electron chi connectivity index (χ1n) is 6.13. The summed E-state index contributed by atoms with van der Waals surface area (Å²) >= 11 is 0. The summed E-state index contributed by atoms with van der Waals surface area (Å²) in [4.78, 5) is 12.2. The monoisotopic (exact) mass is 266 g/mol. The number of phenols is 1. The van der Waals surface area contributed by atoms with Crippen molar-refractivity contribution in [2.24, 2.45) is 0 Å². The third kappa shape index (κ3) is 2.62. The van der Waals surface area contributed by atoms with Crippen LogP contribution in [0.1, 0.15) is 27.0 Å². The SMILES string of the molecule is Cc1cc(C(=O)Nc2cccc(C)c2C#N)ccc1O. The average molecular weight is 266 g/mol. The molecular weight excluding hydrogens is 252 g/mol. The van der Waals surface area contributed by atoms with Crippen LogP contribution >= 0.6 is 0 Å². The molecule has 2 aromatic rings. The number of carbonyl (C=O) groups excluding carboxylic acids is 1. The van der Waals surface area contributed by atoms with Crippen molar-refractivity contribution in [2.45, 2.75) is 13.8 Å². The number of hydrogen-bond donors (Lipinski definition) is 2. The number of benzene rings is 2. The maximum atomic E-state index is 12.2. The molecular formula is C16H14N2O2. The van der Waals surface area contributed by atoms with Gasteiger partial charge in [0.2, 0.25) is 0 Å². The zero-order valence-corrected chi connectivity index (χ0v) is 11.3. The lowest BCUT2D eigenvalue weighted by atomic mass is 10.1.